The Kier molecular flexibility index (Phi) is 3.72. The number of piperazine rings is 1. The van der Waals surface area contributed by atoms with Gasteiger partial charge in [0.15, 0.2) is 0 Å². The molecular formula is C11H12ClN3O4S. The highest BCUT2D eigenvalue weighted by Gasteiger charge is 2.34. The Bertz CT molecular complexity index is 686. The van der Waals surface area contributed by atoms with Crippen LogP contribution in [0, 0.1) is 6.92 Å². The van der Waals surface area contributed by atoms with Gasteiger partial charge in [0.05, 0.1) is 18.1 Å². The molecule has 0 aromatic heterocycles. The summed E-state index contributed by atoms with van der Waals surface area (Å²) in [6.07, 6.45) is 0. The lowest BCUT2D eigenvalue weighted by atomic mass is 10.2. The Morgan fingerprint density at radius 1 is 1.25 bits per heavy atom. The minimum absolute atomic E-state index is 0.00451. The van der Waals surface area contributed by atoms with Gasteiger partial charge in [-0.05, 0) is 24.6 Å². The summed E-state index contributed by atoms with van der Waals surface area (Å²) in [5, 5.41) is 2.02. The molecule has 3 N–H and O–H groups in total. The number of carbonyl (C=O) groups is 2. The van der Waals surface area contributed by atoms with Crippen LogP contribution >= 0.6 is 11.6 Å². The lowest BCUT2D eigenvalue weighted by Crippen LogP contribution is -2.53. The van der Waals surface area contributed by atoms with Crippen LogP contribution in [0.4, 0.5) is 5.69 Å². The molecule has 1 fully saturated rings. The van der Waals surface area contributed by atoms with Crippen LogP contribution in [0.2, 0.25) is 5.02 Å². The summed E-state index contributed by atoms with van der Waals surface area (Å²) in [6.45, 7) is 0.825. The number of nitrogen functional groups attached to an aromatic ring is 1. The van der Waals surface area contributed by atoms with Gasteiger partial charge in [0.25, 0.3) is 0 Å². The quantitative estimate of drug-likeness (QED) is 0.583. The van der Waals surface area contributed by atoms with E-state index in [1.54, 1.807) is 6.92 Å². The predicted octanol–water partition coefficient (Wildman–Crippen LogP) is -0.122. The average molecular weight is 318 g/mol. The highest BCUT2D eigenvalue weighted by Crippen LogP contribution is 2.29. The van der Waals surface area contributed by atoms with Crippen LogP contribution in [0.25, 0.3) is 0 Å². The molecule has 9 heteroatoms. The monoisotopic (exact) mass is 317 g/mol. The predicted molar refractivity (Wildman–Crippen MR) is 72.5 cm³/mol. The third-order valence-electron chi connectivity index (χ3n) is 2.86. The van der Waals surface area contributed by atoms with Gasteiger partial charge in [0, 0.05) is 5.69 Å². The number of hydrogen-bond acceptors (Lipinski definition) is 5. The number of aryl methyl sites for hydroxylation is 1. The van der Waals surface area contributed by atoms with Crippen molar-refractivity contribution in [2.24, 2.45) is 0 Å². The van der Waals surface area contributed by atoms with Crippen molar-refractivity contribution in [1.82, 2.24) is 9.62 Å². The van der Waals surface area contributed by atoms with E-state index in [0.717, 1.165) is 4.31 Å². The molecule has 20 heavy (non-hydrogen) atoms. The molecule has 0 bridgehead atoms. The van der Waals surface area contributed by atoms with Crippen LogP contribution in [0.5, 0.6) is 0 Å². The van der Waals surface area contributed by atoms with Crippen LogP contribution in [-0.2, 0) is 19.6 Å². The van der Waals surface area contributed by atoms with Crippen molar-refractivity contribution in [1.29, 1.82) is 0 Å². The van der Waals surface area contributed by atoms with E-state index < -0.39 is 34.9 Å². The first kappa shape index (κ1) is 14.8. The standard InChI is InChI=1S/C11H12ClN3O4S/c1-6-2-7(12)9(3-8(6)13)20(18,19)15-4-10(16)14-11(17)5-15/h2-3H,4-5,13H2,1H3,(H,14,16,17). The third-order valence-corrected chi connectivity index (χ3v) is 5.11. The van der Waals surface area contributed by atoms with Gasteiger partial charge in [-0.1, -0.05) is 11.6 Å². The lowest BCUT2D eigenvalue weighted by molar-refractivity contribution is -0.134. The Morgan fingerprint density at radius 2 is 1.80 bits per heavy atom. The number of halogens is 1. The Labute approximate surface area is 120 Å². The number of sulfonamides is 1. The maximum absolute atomic E-state index is 12.4. The van der Waals surface area contributed by atoms with Crippen LogP contribution < -0.4 is 11.1 Å². The van der Waals surface area contributed by atoms with Crippen molar-refractivity contribution in [3.05, 3.63) is 22.7 Å². The first-order chi connectivity index (χ1) is 9.21. The molecule has 0 radical (unpaired) electrons. The maximum Gasteiger partial charge on any atom is 0.245 e. The SMILES string of the molecule is Cc1cc(Cl)c(S(=O)(=O)N2CC(=O)NC(=O)C2)cc1N. The van der Waals surface area contributed by atoms with Gasteiger partial charge >= 0.3 is 0 Å². The van der Waals surface area contributed by atoms with Gasteiger partial charge in [-0.15, -0.1) is 0 Å². The van der Waals surface area contributed by atoms with Crippen molar-refractivity contribution in [2.75, 3.05) is 18.8 Å². The van der Waals surface area contributed by atoms with Gasteiger partial charge in [-0.25, -0.2) is 8.42 Å². The first-order valence-electron chi connectivity index (χ1n) is 5.60. The van der Waals surface area contributed by atoms with Gasteiger partial charge in [0.1, 0.15) is 4.90 Å². The van der Waals surface area contributed by atoms with E-state index in [2.05, 4.69) is 0 Å². The highest BCUT2D eigenvalue weighted by atomic mass is 35.5. The number of amides is 2. The second kappa shape index (κ2) is 5.04. The average Bonchev–Trinajstić information content (AvgIpc) is 2.32. The molecule has 0 saturated carbocycles. The fourth-order valence-electron chi connectivity index (χ4n) is 1.79. The van der Waals surface area contributed by atoms with Gasteiger partial charge in [0.2, 0.25) is 21.8 Å². The van der Waals surface area contributed by atoms with Gasteiger partial charge in [-0.3, -0.25) is 14.9 Å². The van der Waals surface area contributed by atoms with Crippen molar-refractivity contribution in [3.8, 4) is 0 Å². The van der Waals surface area contributed by atoms with E-state index in [9.17, 15) is 18.0 Å². The van der Waals surface area contributed by atoms with E-state index in [1.165, 1.54) is 12.1 Å². The smallest absolute Gasteiger partial charge is 0.245 e. The minimum Gasteiger partial charge on any atom is -0.398 e. The topological polar surface area (TPSA) is 110 Å². The second-order valence-corrected chi connectivity index (χ2v) is 6.70. The number of imide groups is 1. The van der Waals surface area contributed by atoms with Crippen LogP contribution in [-0.4, -0.2) is 37.6 Å². The largest absolute Gasteiger partial charge is 0.398 e. The molecule has 1 heterocycles. The molecular weight excluding hydrogens is 306 g/mol. The zero-order chi connectivity index (χ0) is 15.1. The minimum atomic E-state index is -4.06. The van der Waals surface area contributed by atoms with E-state index >= 15 is 0 Å². The summed E-state index contributed by atoms with van der Waals surface area (Å²) < 4.78 is 25.6. The highest BCUT2D eigenvalue weighted by molar-refractivity contribution is 7.89. The maximum atomic E-state index is 12.4. The van der Waals surface area contributed by atoms with Gasteiger partial charge < -0.3 is 5.73 Å². The number of nitrogens with zero attached hydrogens (tertiary/aromatic N) is 1. The fraction of sp³-hybridized carbons (Fsp3) is 0.273. The molecule has 1 aliphatic heterocycles. The Hall–Kier alpha value is -1.64. The normalized spacial score (nSPS) is 17.1. The molecule has 2 amide bonds. The number of hydrogen-bond donors (Lipinski definition) is 2. The molecule has 0 aliphatic carbocycles. The second-order valence-electron chi connectivity index (χ2n) is 4.38. The summed E-state index contributed by atoms with van der Waals surface area (Å²) in [5.41, 5.74) is 6.59. The lowest BCUT2D eigenvalue weighted by Gasteiger charge is -2.25. The van der Waals surface area contributed by atoms with E-state index in [4.69, 9.17) is 17.3 Å². The van der Waals surface area contributed by atoms with Crippen LogP contribution in [0.1, 0.15) is 5.56 Å². The van der Waals surface area contributed by atoms with Crippen molar-refractivity contribution in [3.63, 3.8) is 0 Å². The summed E-state index contributed by atoms with van der Waals surface area (Å²) in [5.74, 6) is -1.36. The molecule has 1 aromatic rings. The molecule has 1 aliphatic rings. The number of carbonyl (C=O) groups excluding carboxylic acids is 2. The number of benzene rings is 1. The number of rotatable bonds is 2. The number of anilines is 1. The van der Waals surface area contributed by atoms with Crippen molar-refractivity contribution >= 4 is 39.1 Å². The Balaban J connectivity index is 2.47. The molecule has 0 spiro atoms. The molecule has 1 saturated heterocycles. The molecule has 1 aromatic carbocycles. The fourth-order valence-corrected chi connectivity index (χ4v) is 3.73. The van der Waals surface area contributed by atoms with E-state index in [0.29, 0.717) is 5.56 Å². The van der Waals surface area contributed by atoms with Crippen molar-refractivity contribution < 1.29 is 18.0 Å². The van der Waals surface area contributed by atoms with Crippen molar-refractivity contribution in [2.45, 2.75) is 11.8 Å². The molecule has 0 unspecified atom stereocenters. The third kappa shape index (κ3) is 2.62. The number of nitrogens with two attached hydrogens (primary N) is 1. The molecule has 0 atom stereocenters. The first-order valence-corrected chi connectivity index (χ1v) is 7.42. The zero-order valence-corrected chi connectivity index (χ0v) is 12.1. The summed E-state index contributed by atoms with van der Waals surface area (Å²) in [4.78, 5) is 22.3. The summed E-state index contributed by atoms with van der Waals surface area (Å²) in [6, 6.07) is 2.65. The van der Waals surface area contributed by atoms with Gasteiger partial charge in [-0.2, -0.15) is 4.31 Å². The molecule has 108 valence electrons. The summed E-state index contributed by atoms with van der Waals surface area (Å²) >= 11 is 5.93. The number of nitrogens with one attached hydrogen (secondary N) is 1. The summed E-state index contributed by atoms with van der Waals surface area (Å²) in [7, 11) is -4.06. The zero-order valence-electron chi connectivity index (χ0n) is 10.5. The van der Waals surface area contributed by atoms with E-state index in [-0.39, 0.29) is 15.6 Å². The van der Waals surface area contributed by atoms with E-state index in [1.807, 2.05) is 5.32 Å². The van der Waals surface area contributed by atoms with Crippen LogP contribution in [0.3, 0.4) is 0 Å². The van der Waals surface area contributed by atoms with Crippen LogP contribution in [0.15, 0.2) is 17.0 Å². The molecule has 2 rings (SSSR count). The Morgan fingerprint density at radius 3 is 2.35 bits per heavy atom. The molecule has 7 nitrogen and oxygen atoms in total.